The zero-order chi connectivity index (χ0) is 36.6. The molecule has 50 heavy (non-hydrogen) atoms. The number of rotatable bonds is 15. The second-order valence-electron chi connectivity index (χ2n) is 15.0. The van der Waals surface area contributed by atoms with Crippen molar-refractivity contribution in [3.63, 3.8) is 0 Å². The van der Waals surface area contributed by atoms with E-state index in [0.717, 1.165) is 18.4 Å². The van der Waals surface area contributed by atoms with Crippen LogP contribution < -0.4 is 21.3 Å². The minimum Gasteiger partial charge on any atom is -0.381 e. The van der Waals surface area contributed by atoms with Gasteiger partial charge in [0.1, 0.15) is 18.1 Å². The van der Waals surface area contributed by atoms with E-state index in [1.165, 1.54) is 16.7 Å². The van der Waals surface area contributed by atoms with Crippen LogP contribution >= 0.6 is 11.8 Å². The molecule has 272 valence electrons. The highest BCUT2D eigenvalue weighted by Gasteiger charge is 2.50. The number of amides is 5. The monoisotopic (exact) mass is 707 g/mol. The second kappa shape index (κ2) is 16.9. The lowest BCUT2D eigenvalue weighted by atomic mass is 9.85. The normalized spacial score (nSPS) is 19.4. The summed E-state index contributed by atoms with van der Waals surface area (Å²) in [5, 5.41) is 23.3. The first-order valence-corrected chi connectivity index (χ1v) is 18.5. The Morgan fingerprint density at radius 3 is 2.12 bits per heavy atom. The van der Waals surface area contributed by atoms with Gasteiger partial charge in [0.25, 0.3) is 5.91 Å². The number of hydrogen-bond donors (Lipinski definition) is 5. The molecule has 5 atom stereocenters. The summed E-state index contributed by atoms with van der Waals surface area (Å²) in [6, 6.07) is 14.0. The smallest absolute Gasteiger partial charge is 0.254 e. The molecule has 1 aliphatic carbocycles. The summed E-state index contributed by atoms with van der Waals surface area (Å²) in [7, 11) is 0. The van der Waals surface area contributed by atoms with Gasteiger partial charge in [0.2, 0.25) is 23.6 Å². The molecule has 5 N–H and O–H groups in total. The van der Waals surface area contributed by atoms with Gasteiger partial charge in [-0.2, -0.15) is 0 Å². The Morgan fingerprint density at radius 1 is 0.920 bits per heavy atom. The molecule has 1 saturated carbocycles. The molecule has 0 unspecified atom stereocenters. The van der Waals surface area contributed by atoms with Gasteiger partial charge < -0.3 is 31.3 Å². The zero-order valence-electron chi connectivity index (χ0n) is 30.0. The van der Waals surface area contributed by atoms with Gasteiger partial charge >= 0.3 is 0 Å². The predicted octanol–water partition coefficient (Wildman–Crippen LogP) is 3.47. The third kappa shape index (κ3) is 10.3. The Hall–Kier alpha value is -3.90. The molecule has 4 rings (SSSR count). The van der Waals surface area contributed by atoms with Gasteiger partial charge in [-0.1, -0.05) is 88.4 Å². The fourth-order valence-corrected chi connectivity index (χ4v) is 7.24. The molecule has 1 saturated heterocycles. The van der Waals surface area contributed by atoms with Crippen LogP contribution in [0.15, 0.2) is 60.7 Å². The molecule has 1 heterocycles. The molecule has 0 aromatic heterocycles. The largest absolute Gasteiger partial charge is 0.381 e. The van der Waals surface area contributed by atoms with E-state index >= 15 is 0 Å². The fraction of sp³-hybridized carbons (Fsp3) is 0.553. The number of aliphatic hydroxyl groups excluding tert-OH is 1. The average molecular weight is 708 g/mol. The van der Waals surface area contributed by atoms with Gasteiger partial charge in [0.05, 0.1) is 11.9 Å². The number of nitrogens with one attached hydrogen (secondary N) is 4. The predicted molar refractivity (Wildman–Crippen MR) is 195 cm³/mol. The van der Waals surface area contributed by atoms with Crippen molar-refractivity contribution in [3.05, 3.63) is 71.8 Å². The van der Waals surface area contributed by atoms with Crippen LogP contribution in [-0.4, -0.2) is 80.9 Å². The molecule has 12 heteroatoms. The topological polar surface area (TPSA) is 157 Å². The van der Waals surface area contributed by atoms with Crippen LogP contribution in [0.1, 0.15) is 84.4 Å². The molecule has 2 fully saturated rings. The van der Waals surface area contributed by atoms with Crippen molar-refractivity contribution in [1.29, 1.82) is 0 Å². The van der Waals surface area contributed by atoms with Gasteiger partial charge in [0, 0.05) is 17.7 Å². The summed E-state index contributed by atoms with van der Waals surface area (Å²) < 4.78 is -0.593. The molecule has 1 aliphatic heterocycles. The fourth-order valence-electron chi connectivity index (χ4n) is 6.10. The van der Waals surface area contributed by atoms with Crippen molar-refractivity contribution in [2.75, 3.05) is 12.4 Å². The molecular formula is C38H53N5O6S. The average Bonchev–Trinajstić information content (AvgIpc) is 3.85. The first kappa shape index (κ1) is 38.9. The summed E-state index contributed by atoms with van der Waals surface area (Å²) in [6.45, 7) is 11.6. The molecule has 2 aromatic carbocycles. The van der Waals surface area contributed by atoms with E-state index in [1.807, 2.05) is 57.2 Å². The number of aliphatic hydroxyl groups is 1. The second-order valence-corrected chi connectivity index (χ2v) is 16.6. The van der Waals surface area contributed by atoms with Crippen molar-refractivity contribution >= 4 is 41.3 Å². The number of hydrogen-bond acceptors (Lipinski definition) is 7. The Balaban J connectivity index is 1.58. The van der Waals surface area contributed by atoms with Crippen LogP contribution in [0.3, 0.4) is 0 Å². The van der Waals surface area contributed by atoms with Crippen LogP contribution in [0.25, 0.3) is 0 Å². The van der Waals surface area contributed by atoms with E-state index in [4.69, 9.17) is 0 Å². The third-order valence-electron chi connectivity index (χ3n) is 9.19. The molecule has 5 amide bonds. The van der Waals surface area contributed by atoms with Crippen molar-refractivity contribution < 1.29 is 29.1 Å². The van der Waals surface area contributed by atoms with Crippen molar-refractivity contribution in [2.45, 2.75) is 109 Å². The molecule has 11 nitrogen and oxygen atoms in total. The lowest BCUT2D eigenvalue weighted by molar-refractivity contribution is -0.148. The highest BCUT2D eigenvalue weighted by atomic mass is 32.2. The number of nitrogens with zero attached hydrogens (tertiary/aromatic N) is 1. The number of benzene rings is 2. The van der Waals surface area contributed by atoms with Crippen LogP contribution in [0.2, 0.25) is 0 Å². The summed E-state index contributed by atoms with van der Waals surface area (Å²) in [6.07, 6.45) is 1.42. The Bertz CT molecular complexity index is 1490. The molecule has 2 aliphatic rings. The summed E-state index contributed by atoms with van der Waals surface area (Å²) in [4.78, 5) is 69.5. The van der Waals surface area contributed by atoms with Crippen molar-refractivity contribution in [2.24, 2.45) is 11.3 Å². The molecule has 0 spiro atoms. The van der Waals surface area contributed by atoms with Crippen LogP contribution in [0, 0.1) is 11.3 Å². The van der Waals surface area contributed by atoms with E-state index < -0.39 is 58.2 Å². The SMILES string of the molecule is CCCC(=O)N[C@H](C(=O)N[C@H](C(=O)N[C@@H](Cc1ccccc1)[C@H](O)C(=O)N1CSC(C)(C)[C@H]1C(=O)NCC1CC1)C(C)(C)C)c1ccccc1. The van der Waals surface area contributed by atoms with E-state index in [0.29, 0.717) is 24.4 Å². The van der Waals surface area contributed by atoms with Gasteiger partial charge in [-0.25, -0.2) is 0 Å². The maximum absolute atomic E-state index is 14.2. The Morgan fingerprint density at radius 2 is 1.54 bits per heavy atom. The minimum absolute atomic E-state index is 0.118. The standard InChI is InChI=1S/C38H53N5O6S/c1-7-14-28(44)41-29(26-17-12-9-13-18-26)33(46)42-31(37(2,3)4)34(47)40-27(21-24-15-10-8-11-16-24)30(45)36(49)43-23-50-38(5,6)32(43)35(48)39-22-25-19-20-25/h8-13,15-18,25,27,29-32,45H,7,14,19-23H2,1-6H3,(H,39,48)(H,40,47)(H,41,44)(H,42,46)/t27-,29-,30-,31+,32+/m0/s1. The number of thioether (sulfide) groups is 1. The van der Waals surface area contributed by atoms with Crippen molar-refractivity contribution in [3.8, 4) is 0 Å². The summed E-state index contributed by atoms with van der Waals surface area (Å²) in [5.41, 5.74) is 0.535. The maximum atomic E-state index is 14.2. The maximum Gasteiger partial charge on any atom is 0.254 e. The summed E-state index contributed by atoms with van der Waals surface area (Å²) >= 11 is 1.46. The molecule has 2 aromatic rings. The third-order valence-corrected chi connectivity index (χ3v) is 10.6. The summed E-state index contributed by atoms with van der Waals surface area (Å²) in [5.74, 6) is -1.70. The zero-order valence-corrected chi connectivity index (χ0v) is 30.8. The quantitative estimate of drug-likeness (QED) is 0.190. The van der Waals surface area contributed by atoms with Gasteiger partial charge in [-0.15, -0.1) is 11.8 Å². The lowest BCUT2D eigenvalue weighted by Gasteiger charge is -2.35. The van der Waals surface area contributed by atoms with E-state index in [1.54, 1.807) is 45.0 Å². The van der Waals surface area contributed by atoms with Gasteiger partial charge in [-0.05, 0) is 62.0 Å². The lowest BCUT2D eigenvalue weighted by Crippen LogP contribution is -2.62. The number of carbonyl (C=O) groups excluding carboxylic acids is 5. The minimum atomic E-state index is -1.69. The van der Waals surface area contributed by atoms with E-state index in [2.05, 4.69) is 21.3 Å². The Labute approximate surface area is 300 Å². The molecule has 0 bridgehead atoms. The Kier molecular flexibility index (Phi) is 13.1. The molecule has 0 radical (unpaired) electrons. The van der Waals surface area contributed by atoms with Crippen LogP contribution in [0.4, 0.5) is 0 Å². The molecular weight excluding hydrogens is 655 g/mol. The van der Waals surface area contributed by atoms with Crippen molar-refractivity contribution in [1.82, 2.24) is 26.2 Å². The van der Waals surface area contributed by atoms with Crippen LogP contribution in [-0.2, 0) is 30.4 Å². The van der Waals surface area contributed by atoms with E-state index in [-0.39, 0.29) is 30.5 Å². The van der Waals surface area contributed by atoms with Gasteiger partial charge in [0.15, 0.2) is 6.10 Å². The first-order valence-electron chi connectivity index (χ1n) is 17.5. The van der Waals surface area contributed by atoms with E-state index in [9.17, 15) is 29.1 Å². The van der Waals surface area contributed by atoms with Gasteiger partial charge in [-0.3, -0.25) is 24.0 Å². The highest BCUT2D eigenvalue weighted by molar-refractivity contribution is 8.00. The highest BCUT2D eigenvalue weighted by Crippen LogP contribution is 2.40. The first-order chi connectivity index (χ1) is 23.6. The number of carbonyl (C=O) groups is 5. The van der Waals surface area contributed by atoms with Crippen LogP contribution in [0.5, 0.6) is 0 Å².